The molecule has 0 saturated heterocycles. The van der Waals surface area contributed by atoms with Gasteiger partial charge in [0, 0.05) is 18.7 Å². The molecule has 1 aliphatic heterocycles. The van der Waals surface area contributed by atoms with Crippen molar-refractivity contribution in [2.45, 2.75) is 73.1 Å². The van der Waals surface area contributed by atoms with Crippen LogP contribution in [0.15, 0.2) is 0 Å². The molecule has 0 bridgehead atoms. The summed E-state index contributed by atoms with van der Waals surface area (Å²) in [5.41, 5.74) is 3.05. The lowest BCUT2D eigenvalue weighted by Crippen LogP contribution is -2.32. The number of hydrogen-bond donors (Lipinski definition) is 1. The molecule has 1 atom stereocenters. The summed E-state index contributed by atoms with van der Waals surface area (Å²) in [5.74, 6) is 3.10. The largest absolute Gasteiger partial charge is 0.506 e. The molecule has 1 aromatic rings. The molecule has 0 amide bonds. The van der Waals surface area contributed by atoms with Crippen molar-refractivity contribution in [1.29, 1.82) is 0 Å². The summed E-state index contributed by atoms with van der Waals surface area (Å²) in [5, 5.41) is 10.1. The number of aromatic nitrogens is 1. The number of rotatable bonds is 7. The van der Waals surface area contributed by atoms with Crippen LogP contribution in [-0.2, 0) is 6.42 Å². The molecule has 130 valence electrons. The highest BCUT2D eigenvalue weighted by atomic mass is 16.3. The zero-order chi connectivity index (χ0) is 17.0. The summed E-state index contributed by atoms with van der Waals surface area (Å²) < 4.78 is 0. The fourth-order valence-corrected chi connectivity index (χ4v) is 3.59. The van der Waals surface area contributed by atoms with Gasteiger partial charge in [-0.05, 0) is 50.5 Å². The molecule has 1 aliphatic rings. The Morgan fingerprint density at radius 1 is 1.13 bits per heavy atom. The lowest BCUT2D eigenvalue weighted by atomic mass is 9.95. The maximum absolute atomic E-state index is 10.1. The average molecular weight is 319 g/mol. The van der Waals surface area contributed by atoms with Gasteiger partial charge in [0.1, 0.15) is 11.6 Å². The number of aromatic hydroxyl groups is 1. The van der Waals surface area contributed by atoms with Gasteiger partial charge in [-0.15, -0.1) is 0 Å². The maximum Gasteiger partial charge on any atom is 0.140 e. The van der Waals surface area contributed by atoms with E-state index in [0.717, 1.165) is 48.4 Å². The molecule has 2 rings (SSSR count). The first kappa shape index (κ1) is 18.1. The molecule has 0 aromatic carbocycles. The third kappa shape index (κ3) is 4.62. The van der Waals surface area contributed by atoms with Gasteiger partial charge in [0.2, 0.25) is 0 Å². The van der Waals surface area contributed by atoms with Crippen LogP contribution in [0.4, 0.5) is 5.82 Å². The molecule has 0 radical (unpaired) electrons. The summed E-state index contributed by atoms with van der Waals surface area (Å²) in [6.45, 7) is 13.1. The summed E-state index contributed by atoms with van der Waals surface area (Å²) >= 11 is 0. The first-order chi connectivity index (χ1) is 10.9. The van der Waals surface area contributed by atoms with E-state index >= 15 is 0 Å². The Balaban J connectivity index is 1.96. The minimum atomic E-state index is 0.382. The molecule has 1 aromatic heterocycles. The molecule has 3 heteroatoms. The van der Waals surface area contributed by atoms with Crippen molar-refractivity contribution in [1.82, 2.24) is 4.98 Å². The highest BCUT2D eigenvalue weighted by Crippen LogP contribution is 2.34. The SMILES string of the molecule is Cc1nc2c(c(C)c1O)CCCN2CCC(C)CCCC(C)C. The van der Waals surface area contributed by atoms with E-state index < -0.39 is 0 Å². The molecular formula is C20H34N2O. The average Bonchev–Trinajstić information content (AvgIpc) is 2.50. The van der Waals surface area contributed by atoms with Crippen LogP contribution in [0, 0.1) is 25.7 Å². The molecule has 0 saturated carbocycles. The quantitative estimate of drug-likeness (QED) is 0.767. The predicted octanol–water partition coefficient (Wildman–Crippen LogP) is 5.01. The summed E-state index contributed by atoms with van der Waals surface area (Å²) in [4.78, 5) is 7.14. The highest BCUT2D eigenvalue weighted by Gasteiger charge is 2.23. The molecule has 23 heavy (non-hydrogen) atoms. The van der Waals surface area contributed by atoms with E-state index in [1.54, 1.807) is 0 Å². The molecule has 0 spiro atoms. The number of fused-ring (bicyclic) bond motifs is 1. The molecule has 1 unspecified atom stereocenters. The summed E-state index contributed by atoms with van der Waals surface area (Å²) in [6, 6.07) is 0. The third-order valence-corrected chi connectivity index (χ3v) is 5.22. The summed E-state index contributed by atoms with van der Waals surface area (Å²) in [7, 11) is 0. The maximum atomic E-state index is 10.1. The summed E-state index contributed by atoms with van der Waals surface area (Å²) in [6.07, 6.45) is 7.47. The monoisotopic (exact) mass is 318 g/mol. The fourth-order valence-electron chi connectivity index (χ4n) is 3.59. The molecule has 0 fully saturated rings. The van der Waals surface area contributed by atoms with Crippen LogP contribution in [0.5, 0.6) is 5.75 Å². The van der Waals surface area contributed by atoms with Gasteiger partial charge in [0.25, 0.3) is 0 Å². The lowest BCUT2D eigenvalue weighted by Gasteiger charge is -2.32. The van der Waals surface area contributed by atoms with Crippen LogP contribution >= 0.6 is 0 Å². The Bertz CT molecular complexity index is 525. The van der Waals surface area contributed by atoms with Crippen molar-refractivity contribution in [3.05, 3.63) is 16.8 Å². The van der Waals surface area contributed by atoms with Gasteiger partial charge < -0.3 is 10.0 Å². The second-order valence-electron chi connectivity index (χ2n) is 7.78. The number of anilines is 1. The Morgan fingerprint density at radius 3 is 2.57 bits per heavy atom. The van der Waals surface area contributed by atoms with Gasteiger partial charge in [0.15, 0.2) is 0 Å². The Hall–Kier alpha value is -1.25. The minimum absolute atomic E-state index is 0.382. The fraction of sp³-hybridized carbons (Fsp3) is 0.750. The van der Waals surface area contributed by atoms with Crippen LogP contribution in [-0.4, -0.2) is 23.2 Å². The van der Waals surface area contributed by atoms with Crippen LogP contribution in [0.25, 0.3) is 0 Å². The zero-order valence-corrected chi connectivity index (χ0v) is 15.7. The highest BCUT2D eigenvalue weighted by molar-refractivity contribution is 5.58. The first-order valence-electron chi connectivity index (χ1n) is 9.34. The molecule has 3 nitrogen and oxygen atoms in total. The predicted molar refractivity (Wildman–Crippen MR) is 98.4 cm³/mol. The number of pyridine rings is 1. The smallest absolute Gasteiger partial charge is 0.140 e. The Morgan fingerprint density at radius 2 is 1.87 bits per heavy atom. The van der Waals surface area contributed by atoms with Crippen LogP contribution in [0.3, 0.4) is 0 Å². The lowest BCUT2D eigenvalue weighted by molar-refractivity contribution is 0.432. The van der Waals surface area contributed by atoms with Crippen LogP contribution < -0.4 is 4.90 Å². The standard InChI is InChI=1S/C20H34N2O/c1-14(2)8-6-9-15(3)11-13-22-12-7-10-18-16(4)19(23)17(5)21-20(18)22/h14-15,23H,6-13H2,1-5H3. The van der Waals surface area contributed by atoms with E-state index in [1.165, 1.54) is 37.7 Å². The van der Waals surface area contributed by atoms with Gasteiger partial charge in [-0.1, -0.05) is 40.0 Å². The van der Waals surface area contributed by atoms with Crippen molar-refractivity contribution in [3.63, 3.8) is 0 Å². The normalized spacial score (nSPS) is 15.8. The van der Waals surface area contributed by atoms with E-state index in [9.17, 15) is 5.11 Å². The first-order valence-corrected chi connectivity index (χ1v) is 9.34. The zero-order valence-electron chi connectivity index (χ0n) is 15.7. The Kier molecular flexibility index (Phi) is 6.32. The van der Waals surface area contributed by atoms with E-state index in [4.69, 9.17) is 4.98 Å². The number of aryl methyl sites for hydroxylation is 1. The molecule has 0 aliphatic carbocycles. The van der Waals surface area contributed by atoms with Crippen LogP contribution in [0.2, 0.25) is 0 Å². The van der Waals surface area contributed by atoms with E-state index in [2.05, 4.69) is 25.7 Å². The molecular weight excluding hydrogens is 284 g/mol. The van der Waals surface area contributed by atoms with Gasteiger partial charge >= 0.3 is 0 Å². The topological polar surface area (TPSA) is 36.4 Å². The molecule has 1 N–H and O–H groups in total. The third-order valence-electron chi connectivity index (χ3n) is 5.22. The van der Waals surface area contributed by atoms with Gasteiger partial charge in [-0.2, -0.15) is 0 Å². The van der Waals surface area contributed by atoms with Crippen molar-refractivity contribution in [3.8, 4) is 5.75 Å². The van der Waals surface area contributed by atoms with Crippen molar-refractivity contribution in [2.75, 3.05) is 18.0 Å². The van der Waals surface area contributed by atoms with Crippen molar-refractivity contribution < 1.29 is 5.11 Å². The van der Waals surface area contributed by atoms with Crippen LogP contribution in [0.1, 0.15) is 69.7 Å². The van der Waals surface area contributed by atoms with Crippen molar-refractivity contribution >= 4 is 5.82 Å². The van der Waals surface area contributed by atoms with E-state index in [0.29, 0.717) is 5.75 Å². The van der Waals surface area contributed by atoms with Gasteiger partial charge in [-0.3, -0.25) is 0 Å². The number of nitrogens with zero attached hydrogens (tertiary/aromatic N) is 2. The van der Waals surface area contributed by atoms with Gasteiger partial charge in [-0.25, -0.2) is 4.98 Å². The molecule has 2 heterocycles. The second kappa shape index (κ2) is 8.03. The number of hydrogen-bond acceptors (Lipinski definition) is 3. The minimum Gasteiger partial charge on any atom is -0.506 e. The van der Waals surface area contributed by atoms with E-state index in [-0.39, 0.29) is 0 Å². The van der Waals surface area contributed by atoms with Crippen molar-refractivity contribution in [2.24, 2.45) is 11.8 Å². The van der Waals surface area contributed by atoms with E-state index in [1.807, 2.05) is 13.8 Å². The Labute approximate surface area is 142 Å². The van der Waals surface area contributed by atoms with Gasteiger partial charge in [0.05, 0.1) is 5.69 Å². The second-order valence-corrected chi connectivity index (χ2v) is 7.78.